The summed E-state index contributed by atoms with van der Waals surface area (Å²) in [4.78, 5) is 0. The quantitative estimate of drug-likeness (QED) is 0.522. The maximum atomic E-state index is 6.16. The lowest BCUT2D eigenvalue weighted by atomic mass is 9.33. The molecule has 0 aromatic heterocycles. The predicted octanol–water partition coefficient (Wildman–Crippen LogP) is 0.706. The van der Waals surface area contributed by atoms with Crippen LogP contribution in [0.15, 0.2) is 24.3 Å². The Kier molecular flexibility index (Phi) is 2.04. The number of hydrogen-bond acceptors (Lipinski definition) is 0. The lowest BCUT2D eigenvalue weighted by Gasteiger charge is -2.46. The van der Waals surface area contributed by atoms with E-state index in [1.807, 2.05) is 38.1 Å². The van der Waals surface area contributed by atoms with Gasteiger partial charge in [-0.25, -0.2) is 0 Å². The summed E-state index contributed by atoms with van der Waals surface area (Å²) >= 11 is 0. The fourth-order valence-corrected chi connectivity index (χ4v) is 2.22. The Hall–Kier alpha value is -0.520. The van der Waals surface area contributed by atoms with E-state index in [2.05, 4.69) is 0 Å². The Balaban J connectivity index is 2.78. The van der Waals surface area contributed by atoms with Crippen molar-refractivity contribution in [3.05, 3.63) is 35.4 Å². The second-order valence-corrected chi connectivity index (χ2v) is 4.91. The SMILES string of the molecule is [B]C1([B])c2ccccc2C([B])([B])C1(C)C. The third-order valence-electron chi connectivity index (χ3n) is 3.89. The first-order valence-corrected chi connectivity index (χ1v) is 4.98. The average molecular weight is 185 g/mol. The van der Waals surface area contributed by atoms with Gasteiger partial charge in [-0.2, -0.15) is 0 Å². The molecule has 0 unspecified atom stereocenters. The highest BCUT2D eigenvalue weighted by atomic mass is 14.5. The highest BCUT2D eigenvalue weighted by Crippen LogP contribution is 2.56. The van der Waals surface area contributed by atoms with E-state index in [-0.39, 0.29) is 0 Å². The van der Waals surface area contributed by atoms with Crippen LogP contribution in [0.3, 0.4) is 0 Å². The van der Waals surface area contributed by atoms with Crippen molar-refractivity contribution in [1.82, 2.24) is 0 Å². The van der Waals surface area contributed by atoms with E-state index in [4.69, 9.17) is 31.4 Å². The van der Waals surface area contributed by atoms with Crippen molar-refractivity contribution in [2.24, 2.45) is 5.41 Å². The van der Waals surface area contributed by atoms with Gasteiger partial charge in [0.15, 0.2) is 0 Å². The molecule has 15 heavy (non-hydrogen) atoms. The highest BCUT2D eigenvalue weighted by molar-refractivity contribution is 6.47. The molecular weight excluding hydrogens is 175 g/mol. The van der Waals surface area contributed by atoms with Crippen LogP contribution in [-0.4, -0.2) is 31.4 Å². The van der Waals surface area contributed by atoms with Gasteiger partial charge in [0.05, 0.1) is 31.4 Å². The molecule has 0 nitrogen and oxygen atoms in total. The van der Waals surface area contributed by atoms with E-state index in [9.17, 15) is 0 Å². The number of rotatable bonds is 0. The number of benzene rings is 1. The van der Waals surface area contributed by atoms with Gasteiger partial charge in [-0.05, 0) is 5.41 Å². The Bertz CT molecular complexity index is 370. The molecule has 0 saturated heterocycles. The molecule has 1 aliphatic carbocycles. The summed E-state index contributed by atoms with van der Waals surface area (Å²) in [7, 11) is 24.6. The monoisotopic (exact) mass is 186 g/mol. The normalized spacial score (nSPS) is 24.7. The largest absolute Gasteiger partial charge is 0.0710 e. The van der Waals surface area contributed by atoms with Gasteiger partial charge in [-0.3, -0.25) is 0 Å². The van der Waals surface area contributed by atoms with Crippen LogP contribution in [0.25, 0.3) is 0 Å². The first-order valence-electron chi connectivity index (χ1n) is 4.98. The van der Waals surface area contributed by atoms with E-state index >= 15 is 0 Å². The van der Waals surface area contributed by atoms with Crippen molar-refractivity contribution < 1.29 is 0 Å². The van der Waals surface area contributed by atoms with E-state index < -0.39 is 15.8 Å². The van der Waals surface area contributed by atoms with E-state index in [0.29, 0.717) is 0 Å². The second kappa shape index (κ2) is 2.78. The van der Waals surface area contributed by atoms with E-state index in [0.717, 1.165) is 11.1 Å². The van der Waals surface area contributed by atoms with Crippen LogP contribution in [0.1, 0.15) is 25.0 Å². The fourth-order valence-electron chi connectivity index (χ4n) is 2.22. The molecule has 1 aliphatic rings. The van der Waals surface area contributed by atoms with Gasteiger partial charge in [0.25, 0.3) is 0 Å². The maximum absolute atomic E-state index is 6.16. The Morgan fingerprint density at radius 2 is 1.13 bits per heavy atom. The van der Waals surface area contributed by atoms with Crippen molar-refractivity contribution in [2.45, 2.75) is 24.3 Å². The zero-order chi connectivity index (χ0) is 11.5. The van der Waals surface area contributed by atoms with Gasteiger partial charge >= 0.3 is 0 Å². The topological polar surface area (TPSA) is 0 Å². The summed E-state index contributed by atoms with van der Waals surface area (Å²) in [6.45, 7) is 3.79. The van der Waals surface area contributed by atoms with Gasteiger partial charge in [0.1, 0.15) is 0 Å². The van der Waals surface area contributed by atoms with E-state index in [1.165, 1.54) is 0 Å². The molecule has 1 aromatic rings. The summed E-state index contributed by atoms with van der Waals surface area (Å²) in [6.07, 6.45) is 0. The molecule has 0 bridgehead atoms. The summed E-state index contributed by atoms with van der Waals surface area (Å²) < 4.78 is 0. The molecule has 1 aromatic carbocycles. The van der Waals surface area contributed by atoms with Crippen LogP contribution in [0.4, 0.5) is 0 Å². The molecule has 0 heterocycles. The first kappa shape index (κ1) is 11.0. The summed E-state index contributed by atoms with van der Waals surface area (Å²) in [5.74, 6) is 0. The Morgan fingerprint density at radius 3 is 1.47 bits per heavy atom. The molecular formula is C11H10B4. The number of fused-ring (bicyclic) bond motifs is 1. The minimum atomic E-state index is -0.993. The van der Waals surface area contributed by atoms with Crippen molar-refractivity contribution in [3.8, 4) is 0 Å². The smallest absolute Gasteiger partial charge is 0.0689 e. The van der Waals surface area contributed by atoms with Crippen LogP contribution in [-0.2, 0) is 10.4 Å². The molecule has 0 saturated carbocycles. The molecule has 0 atom stereocenters. The number of hydrogen-bond donors (Lipinski definition) is 0. The Labute approximate surface area is 96.9 Å². The summed E-state index contributed by atoms with van der Waals surface area (Å²) in [5.41, 5.74) is 1.07. The minimum absolute atomic E-state index is 0.594. The molecule has 0 aliphatic heterocycles. The van der Waals surface area contributed by atoms with Crippen molar-refractivity contribution in [3.63, 3.8) is 0 Å². The molecule has 0 N–H and O–H groups in total. The van der Waals surface area contributed by atoms with E-state index in [1.54, 1.807) is 0 Å². The van der Waals surface area contributed by atoms with Gasteiger partial charge in [0.2, 0.25) is 0 Å². The lowest BCUT2D eigenvalue weighted by Crippen LogP contribution is -2.50. The molecule has 2 rings (SSSR count). The molecule has 0 spiro atoms. The first-order chi connectivity index (χ1) is 6.73. The zero-order valence-electron chi connectivity index (χ0n) is 9.12. The average Bonchev–Trinajstić information content (AvgIpc) is 2.26. The van der Waals surface area contributed by atoms with Gasteiger partial charge in [0, 0.05) is 0 Å². The van der Waals surface area contributed by atoms with Crippen LogP contribution < -0.4 is 0 Å². The molecule has 0 fully saturated rings. The van der Waals surface area contributed by atoms with Crippen LogP contribution in [0.5, 0.6) is 0 Å². The molecule has 8 radical (unpaired) electrons. The third-order valence-corrected chi connectivity index (χ3v) is 3.89. The summed E-state index contributed by atoms with van der Waals surface area (Å²) in [6, 6.07) is 7.56. The molecule has 0 amide bonds. The Morgan fingerprint density at radius 1 is 0.800 bits per heavy atom. The van der Waals surface area contributed by atoms with Gasteiger partial charge in [-0.15, -0.1) is 0 Å². The molecule has 4 heteroatoms. The van der Waals surface area contributed by atoms with Crippen LogP contribution >= 0.6 is 0 Å². The fraction of sp³-hybridized carbons (Fsp3) is 0.455. The summed E-state index contributed by atoms with van der Waals surface area (Å²) in [5, 5.41) is -1.99. The maximum Gasteiger partial charge on any atom is 0.0689 e. The molecule has 66 valence electrons. The van der Waals surface area contributed by atoms with Crippen LogP contribution in [0, 0.1) is 5.41 Å². The van der Waals surface area contributed by atoms with Crippen molar-refractivity contribution in [1.29, 1.82) is 0 Å². The van der Waals surface area contributed by atoms with Gasteiger partial charge < -0.3 is 0 Å². The van der Waals surface area contributed by atoms with Crippen LogP contribution in [0.2, 0.25) is 0 Å². The minimum Gasteiger partial charge on any atom is -0.0710 e. The van der Waals surface area contributed by atoms with Gasteiger partial charge in [-0.1, -0.05) is 59.7 Å². The highest BCUT2D eigenvalue weighted by Gasteiger charge is 2.54. The lowest BCUT2D eigenvalue weighted by molar-refractivity contribution is 0.306. The zero-order valence-corrected chi connectivity index (χ0v) is 9.12. The second-order valence-electron chi connectivity index (χ2n) is 4.91. The predicted molar refractivity (Wildman–Crippen MR) is 66.6 cm³/mol. The third kappa shape index (κ3) is 1.08. The van der Waals surface area contributed by atoms with Crippen molar-refractivity contribution >= 4 is 31.4 Å². The standard InChI is InChI=1S/C11H10B4/c1-9(2)10(12,13)7-5-3-4-6-8(7)11(9,14)15/h3-6H,1-2H3. The van der Waals surface area contributed by atoms with Crippen molar-refractivity contribution in [2.75, 3.05) is 0 Å².